The van der Waals surface area contributed by atoms with Crippen molar-refractivity contribution in [1.29, 1.82) is 0 Å². The number of aryl methyl sites for hydroxylation is 3. The van der Waals surface area contributed by atoms with Crippen molar-refractivity contribution in [3.63, 3.8) is 0 Å². The number of Topliss-reactive ketones (excluding diaryl/α,β-unsaturated/α-hetero) is 1. The molecule has 3 aromatic rings. The number of hydrogen-bond acceptors (Lipinski definition) is 6. The van der Waals surface area contributed by atoms with E-state index in [2.05, 4.69) is 72.9 Å². The first-order valence-electron chi connectivity index (χ1n) is 18.9. The van der Waals surface area contributed by atoms with E-state index in [0.717, 1.165) is 60.8 Å². The maximum Gasteiger partial charge on any atom is 0.163 e. The lowest BCUT2D eigenvalue weighted by molar-refractivity contribution is -0.124. The Morgan fingerprint density at radius 3 is 2.35 bits per heavy atom. The quantitative estimate of drug-likeness (QED) is 0.0858. The van der Waals surface area contributed by atoms with Crippen molar-refractivity contribution in [3.05, 3.63) is 124 Å². The van der Waals surface area contributed by atoms with E-state index < -0.39 is 0 Å². The van der Waals surface area contributed by atoms with E-state index in [-0.39, 0.29) is 29.9 Å². The van der Waals surface area contributed by atoms with Crippen LogP contribution in [0.1, 0.15) is 105 Å². The van der Waals surface area contributed by atoms with Crippen molar-refractivity contribution in [1.82, 2.24) is 5.32 Å². The number of ether oxygens (including phenoxy) is 1. The van der Waals surface area contributed by atoms with Crippen LogP contribution in [0.2, 0.25) is 0 Å². The fourth-order valence-electron chi connectivity index (χ4n) is 7.99. The second-order valence-electron chi connectivity index (χ2n) is 14.6. The zero-order chi connectivity index (χ0) is 36.1. The van der Waals surface area contributed by atoms with Gasteiger partial charge in [-0.25, -0.2) is 0 Å². The van der Waals surface area contributed by atoms with Crippen molar-refractivity contribution in [2.75, 3.05) is 7.11 Å². The maximum absolute atomic E-state index is 12.9. The van der Waals surface area contributed by atoms with Crippen LogP contribution in [0, 0.1) is 5.41 Å². The number of phenolic OH excluding ortho intramolecular Hbond substituents is 1. The van der Waals surface area contributed by atoms with E-state index in [4.69, 9.17) is 10.5 Å². The van der Waals surface area contributed by atoms with E-state index in [1.165, 1.54) is 68.4 Å². The number of methoxy groups -OCH3 is 1. The molecule has 51 heavy (non-hydrogen) atoms. The summed E-state index contributed by atoms with van der Waals surface area (Å²) in [4.78, 5) is 25.7. The summed E-state index contributed by atoms with van der Waals surface area (Å²) in [6.07, 6.45) is 21.1. The number of aromatic hydroxyl groups is 1. The number of ketones is 2. The highest BCUT2D eigenvalue weighted by atomic mass is 16.5. The van der Waals surface area contributed by atoms with Crippen LogP contribution in [-0.2, 0) is 35.3 Å². The van der Waals surface area contributed by atoms with Gasteiger partial charge in [0.1, 0.15) is 5.78 Å². The smallest absolute Gasteiger partial charge is 0.163 e. The number of carbonyl (C=O) groups is 2. The third-order valence-electron chi connectivity index (χ3n) is 10.7. The Bertz CT molecular complexity index is 1720. The molecular formula is C45H56N2O4. The van der Waals surface area contributed by atoms with E-state index >= 15 is 0 Å². The van der Waals surface area contributed by atoms with Gasteiger partial charge in [0, 0.05) is 12.6 Å². The monoisotopic (exact) mass is 688 g/mol. The van der Waals surface area contributed by atoms with Crippen LogP contribution in [0.15, 0.2) is 96.2 Å². The third kappa shape index (κ3) is 11.3. The van der Waals surface area contributed by atoms with Gasteiger partial charge in [-0.3, -0.25) is 9.59 Å². The fourth-order valence-corrected chi connectivity index (χ4v) is 7.99. The zero-order valence-electron chi connectivity index (χ0n) is 30.6. The van der Waals surface area contributed by atoms with Gasteiger partial charge in [0.25, 0.3) is 0 Å². The second-order valence-corrected chi connectivity index (χ2v) is 14.6. The van der Waals surface area contributed by atoms with Gasteiger partial charge in [-0.05, 0) is 133 Å². The molecule has 4 N–H and O–H groups in total. The molecule has 1 unspecified atom stereocenters. The summed E-state index contributed by atoms with van der Waals surface area (Å²) in [5.41, 5.74) is 14.5. The Hall–Kier alpha value is -4.42. The molecule has 2 aliphatic rings. The van der Waals surface area contributed by atoms with Gasteiger partial charge < -0.3 is 20.9 Å². The minimum atomic E-state index is -0.282. The first-order chi connectivity index (χ1) is 24.8. The van der Waals surface area contributed by atoms with Gasteiger partial charge in [-0.1, -0.05) is 86.9 Å². The van der Waals surface area contributed by atoms with Gasteiger partial charge >= 0.3 is 0 Å². The van der Waals surface area contributed by atoms with Crippen molar-refractivity contribution >= 4 is 17.6 Å². The van der Waals surface area contributed by atoms with Crippen LogP contribution in [0.3, 0.4) is 0 Å². The topological polar surface area (TPSA) is 102 Å². The predicted octanol–water partition coefficient (Wildman–Crippen LogP) is 9.13. The molecule has 0 aromatic heterocycles. The number of allylic oxidation sites excluding steroid dienone is 3. The molecule has 1 aliphatic heterocycles. The highest BCUT2D eigenvalue weighted by molar-refractivity contribution is 6.06. The number of benzene rings is 3. The Morgan fingerprint density at radius 2 is 1.63 bits per heavy atom. The Balaban J connectivity index is 1.21. The molecule has 5 rings (SSSR count). The molecule has 6 heteroatoms. The van der Waals surface area contributed by atoms with Crippen LogP contribution in [0.4, 0.5) is 0 Å². The van der Waals surface area contributed by atoms with Crippen molar-refractivity contribution < 1.29 is 19.4 Å². The number of hydrogen-bond donors (Lipinski definition) is 3. The molecule has 0 bridgehead atoms. The normalized spacial score (nSPS) is 16.8. The average Bonchev–Trinajstić information content (AvgIpc) is 3.59. The lowest BCUT2D eigenvalue weighted by atomic mass is 9.77. The summed E-state index contributed by atoms with van der Waals surface area (Å²) in [6, 6.07) is 22.8. The maximum atomic E-state index is 12.9. The standard InChI is InChI=1S/C45H56N2O4/c1-3-22-45(23-7-8-24-45)25-10-15-40(48)31-41(49)21-20-36-29-43(51-2)42(50)28-38(36)27-39-32-47-44(46)30-37(39)19-18-35-14-9-13-34(26-35)17-16-33-11-5-4-6-12-33/h4-6,9,11-14,20-21,26,28-30,32,44,47,50H,3,7-8,10,15-19,22-25,27,31,46H2,1-2H3. The summed E-state index contributed by atoms with van der Waals surface area (Å²) in [7, 11) is 1.51. The van der Waals surface area contributed by atoms with Gasteiger partial charge in [-0.2, -0.15) is 0 Å². The average molecular weight is 689 g/mol. The zero-order valence-corrected chi connectivity index (χ0v) is 30.6. The first-order valence-corrected chi connectivity index (χ1v) is 18.9. The number of rotatable bonds is 19. The lowest BCUT2D eigenvalue weighted by Gasteiger charge is -2.28. The van der Waals surface area contributed by atoms with Crippen molar-refractivity contribution in [2.45, 2.75) is 109 Å². The summed E-state index contributed by atoms with van der Waals surface area (Å²) in [5, 5.41) is 14.0. The highest BCUT2D eigenvalue weighted by Gasteiger charge is 2.32. The fraction of sp³-hybridized carbons (Fsp3) is 0.422. The molecular weight excluding hydrogens is 633 g/mol. The Kier molecular flexibility index (Phi) is 13.9. The molecule has 1 aliphatic carbocycles. The summed E-state index contributed by atoms with van der Waals surface area (Å²) < 4.78 is 5.41. The summed E-state index contributed by atoms with van der Waals surface area (Å²) >= 11 is 0. The minimum absolute atomic E-state index is 0.00379. The summed E-state index contributed by atoms with van der Waals surface area (Å²) in [5.74, 6) is 0.158. The molecule has 1 fully saturated rings. The van der Waals surface area contributed by atoms with Crippen LogP contribution in [-0.4, -0.2) is 29.9 Å². The Labute approximate surface area is 304 Å². The number of dihydropyridines is 1. The molecule has 6 nitrogen and oxygen atoms in total. The number of phenols is 1. The Morgan fingerprint density at radius 1 is 0.922 bits per heavy atom. The van der Waals surface area contributed by atoms with Crippen LogP contribution in [0.5, 0.6) is 11.5 Å². The molecule has 0 amide bonds. The molecule has 3 aromatic carbocycles. The molecule has 1 saturated carbocycles. The van der Waals surface area contributed by atoms with Gasteiger partial charge in [-0.15, -0.1) is 0 Å². The van der Waals surface area contributed by atoms with E-state index in [1.807, 2.05) is 6.20 Å². The number of nitrogens with two attached hydrogens (primary N) is 1. The molecule has 270 valence electrons. The van der Waals surface area contributed by atoms with Gasteiger partial charge in [0.05, 0.1) is 19.7 Å². The predicted molar refractivity (Wildman–Crippen MR) is 208 cm³/mol. The molecule has 0 saturated heterocycles. The number of carbonyl (C=O) groups excluding carboxylic acids is 2. The van der Waals surface area contributed by atoms with Crippen LogP contribution >= 0.6 is 0 Å². The number of nitrogens with one attached hydrogen (secondary N) is 1. The van der Waals surface area contributed by atoms with Crippen molar-refractivity contribution in [3.8, 4) is 11.5 Å². The first kappa shape index (κ1) is 37.8. The van der Waals surface area contributed by atoms with E-state index in [0.29, 0.717) is 24.0 Å². The molecule has 1 heterocycles. The SMILES string of the molecule is CCCC1(CCCC(=O)CC(=O)C=Cc2cc(OC)c(O)cc2CC2=CNC(N)C=C2CCc2cccc(CCc3ccccc3)c2)CCCC1. The molecule has 0 radical (unpaired) electrons. The van der Waals surface area contributed by atoms with Crippen LogP contribution in [0.25, 0.3) is 6.08 Å². The lowest BCUT2D eigenvalue weighted by Crippen LogP contribution is -2.35. The van der Waals surface area contributed by atoms with E-state index in [9.17, 15) is 14.7 Å². The summed E-state index contributed by atoms with van der Waals surface area (Å²) in [6.45, 7) is 2.24. The van der Waals surface area contributed by atoms with E-state index in [1.54, 1.807) is 18.2 Å². The van der Waals surface area contributed by atoms with Crippen LogP contribution < -0.4 is 15.8 Å². The van der Waals surface area contributed by atoms with Crippen molar-refractivity contribution in [2.24, 2.45) is 11.1 Å². The van der Waals surface area contributed by atoms with Gasteiger partial charge in [0.2, 0.25) is 0 Å². The molecule has 0 spiro atoms. The largest absolute Gasteiger partial charge is 0.504 e. The minimum Gasteiger partial charge on any atom is -0.504 e. The molecule has 1 atom stereocenters. The third-order valence-corrected chi connectivity index (χ3v) is 10.7. The second kappa shape index (κ2) is 18.7. The van der Waals surface area contributed by atoms with Gasteiger partial charge in [0.15, 0.2) is 17.3 Å². The highest BCUT2D eigenvalue weighted by Crippen LogP contribution is 2.46.